The minimum atomic E-state index is 0.359. The van der Waals surface area contributed by atoms with Crippen LogP contribution in [0.2, 0.25) is 5.02 Å². The van der Waals surface area contributed by atoms with E-state index in [-0.39, 0.29) is 0 Å². The van der Waals surface area contributed by atoms with E-state index in [0.717, 1.165) is 34.2 Å². The molecule has 0 amide bonds. The summed E-state index contributed by atoms with van der Waals surface area (Å²) in [4.78, 5) is 4.55. The van der Waals surface area contributed by atoms with E-state index in [4.69, 9.17) is 27.9 Å². The number of aromatic nitrogens is 2. The normalized spacial score (nSPS) is 14.7. The molecule has 0 aliphatic carbocycles. The van der Waals surface area contributed by atoms with Crippen molar-refractivity contribution in [2.45, 2.75) is 13.0 Å². The number of hydrazine groups is 1. The second-order valence-electron chi connectivity index (χ2n) is 5.95. The Hall–Kier alpha value is -2.96. The maximum Gasteiger partial charge on any atom is 0.132 e. The summed E-state index contributed by atoms with van der Waals surface area (Å²) in [6.07, 6.45) is 3.82. The van der Waals surface area contributed by atoms with Gasteiger partial charge in [-0.1, -0.05) is 29.8 Å². The van der Waals surface area contributed by atoms with Crippen LogP contribution in [0.4, 0.5) is 5.69 Å². The van der Waals surface area contributed by atoms with Gasteiger partial charge in [0.05, 0.1) is 34.8 Å². The van der Waals surface area contributed by atoms with Crippen molar-refractivity contribution >= 4 is 17.3 Å². The summed E-state index contributed by atoms with van der Waals surface area (Å²) in [5.41, 5.74) is 10.1. The van der Waals surface area contributed by atoms with E-state index in [0.29, 0.717) is 18.1 Å². The zero-order chi connectivity index (χ0) is 18.1. The first-order valence-electron chi connectivity index (χ1n) is 8.16. The van der Waals surface area contributed by atoms with Crippen molar-refractivity contribution in [1.29, 1.82) is 0 Å². The van der Waals surface area contributed by atoms with Crippen molar-refractivity contribution in [1.82, 2.24) is 9.55 Å². The Kier molecular flexibility index (Phi) is 4.28. The van der Waals surface area contributed by atoms with E-state index in [9.17, 15) is 0 Å². The predicted octanol–water partition coefficient (Wildman–Crippen LogP) is 3.14. The molecule has 6 nitrogen and oxygen atoms in total. The number of hydrogen-bond donors (Lipinski definition) is 2. The molecule has 4 N–H and O–H groups in total. The molecule has 1 aliphatic rings. The summed E-state index contributed by atoms with van der Waals surface area (Å²) in [5.74, 6) is 7.08. The van der Waals surface area contributed by atoms with Crippen LogP contribution >= 0.6 is 11.6 Å². The van der Waals surface area contributed by atoms with Crippen molar-refractivity contribution in [3.05, 3.63) is 83.2 Å². The minimum Gasteiger partial charge on any atom is -0.487 e. The van der Waals surface area contributed by atoms with E-state index in [1.165, 1.54) is 6.20 Å². The molecule has 132 valence electrons. The quantitative estimate of drug-likeness (QED) is 0.695. The van der Waals surface area contributed by atoms with Crippen LogP contribution < -0.4 is 21.3 Å². The van der Waals surface area contributed by atoms with Gasteiger partial charge in [0, 0.05) is 17.6 Å². The van der Waals surface area contributed by atoms with Crippen molar-refractivity contribution in [2.75, 3.05) is 5.01 Å². The van der Waals surface area contributed by atoms with Crippen LogP contribution in [0, 0.1) is 0 Å². The van der Waals surface area contributed by atoms with Gasteiger partial charge in [-0.2, -0.15) is 0 Å². The van der Waals surface area contributed by atoms with E-state index in [2.05, 4.69) is 4.98 Å². The zero-order valence-electron chi connectivity index (χ0n) is 14.0. The zero-order valence-corrected chi connectivity index (χ0v) is 14.7. The number of anilines is 1. The molecule has 3 aromatic rings. The highest BCUT2D eigenvalue weighted by atomic mass is 35.5. The highest BCUT2D eigenvalue weighted by Gasteiger charge is 2.24. The summed E-state index contributed by atoms with van der Waals surface area (Å²) in [7, 11) is 0. The number of halogens is 1. The first-order valence-corrected chi connectivity index (χ1v) is 8.53. The van der Waals surface area contributed by atoms with E-state index in [1.807, 2.05) is 53.1 Å². The SMILES string of the molecule is N/C=C1/Cc2c(COc3ccccc3)ncn2-c2ccc(Cl)cc2N1N. The third kappa shape index (κ3) is 2.89. The second-order valence-corrected chi connectivity index (χ2v) is 6.38. The molecule has 0 spiro atoms. The van der Waals surface area contributed by atoms with Gasteiger partial charge in [0.15, 0.2) is 0 Å². The molecule has 26 heavy (non-hydrogen) atoms. The van der Waals surface area contributed by atoms with Gasteiger partial charge in [0.2, 0.25) is 0 Å². The third-order valence-electron chi connectivity index (χ3n) is 4.38. The van der Waals surface area contributed by atoms with Crippen molar-refractivity contribution < 1.29 is 4.74 Å². The molecule has 0 saturated heterocycles. The number of rotatable bonds is 3. The van der Waals surface area contributed by atoms with Crippen LogP contribution in [0.25, 0.3) is 5.69 Å². The monoisotopic (exact) mass is 367 g/mol. The molecule has 0 unspecified atom stereocenters. The van der Waals surface area contributed by atoms with Crippen LogP contribution in [0.3, 0.4) is 0 Å². The first kappa shape index (κ1) is 16.5. The fourth-order valence-corrected chi connectivity index (χ4v) is 3.20. The number of benzene rings is 2. The first-order chi connectivity index (χ1) is 12.7. The van der Waals surface area contributed by atoms with Gasteiger partial charge in [0.25, 0.3) is 0 Å². The maximum absolute atomic E-state index is 6.29. The molecule has 2 heterocycles. The highest BCUT2D eigenvalue weighted by molar-refractivity contribution is 6.31. The Bertz CT molecular complexity index is 967. The molecule has 0 fully saturated rings. The number of nitrogens with two attached hydrogens (primary N) is 2. The fraction of sp³-hybridized carbons (Fsp3) is 0.105. The van der Waals surface area contributed by atoms with Gasteiger partial charge >= 0.3 is 0 Å². The Balaban J connectivity index is 1.75. The number of ether oxygens (including phenoxy) is 1. The number of allylic oxidation sites excluding steroid dienone is 1. The number of imidazole rings is 1. The molecule has 1 aliphatic heterocycles. The van der Waals surface area contributed by atoms with Crippen molar-refractivity contribution in [2.24, 2.45) is 11.6 Å². The molecule has 7 heteroatoms. The number of hydrogen-bond acceptors (Lipinski definition) is 5. The van der Waals surface area contributed by atoms with Crippen LogP contribution in [0.15, 0.2) is 66.8 Å². The minimum absolute atomic E-state index is 0.359. The van der Waals surface area contributed by atoms with Crippen LogP contribution in [-0.2, 0) is 13.0 Å². The molecule has 4 rings (SSSR count). The molecule has 0 atom stereocenters. The smallest absolute Gasteiger partial charge is 0.132 e. The molecule has 1 aromatic heterocycles. The molecule has 0 radical (unpaired) electrons. The molecule has 0 bridgehead atoms. The topological polar surface area (TPSA) is 82.3 Å². The van der Waals surface area contributed by atoms with Gasteiger partial charge in [0.1, 0.15) is 12.4 Å². The summed E-state index contributed by atoms with van der Waals surface area (Å²) in [5, 5.41) is 2.17. The summed E-state index contributed by atoms with van der Waals surface area (Å²) in [6, 6.07) is 15.2. The maximum atomic E-state index is 6.29. The molecule has 0 saturated carbocycles. The average Bonchev–Trinajstić information content (AvgIpc) is 3.02. The predicted molar refractivity (Wildman–Crippen MR) is 102 cm³/mol. The number of nitrogens with zero attached hydrogens (tertiary/aromatic N) is 3. The lowest BCUT2D eigenvalue weighted by atomic mass is 10.2. The van der Waals surface area contributed by atoms with Crippen LogP contribution in [0.5, 0.6) is 5.75 Å². The van der Waals surface area contributed by atoms with E-state index < -0.39 is 0 Å². The lowest BCUT2D eigenvalue weighted by Crippen LogP contribution is -2.31. The summed E-state index contributed by atoms with van der Waals surface area (Å²) < 4.78 is 7.87. The van der Waals surface area contributed by atoms with Crippen molar-refractivity contribution in [3.8, 4) is 11.4 Å². The van der Waals surface area contributed by atoms with E-state index in [1.54, 1.807) is 11.3 Å². The number of para-hydroxylation sites is 1. The van der Waals surface area contributed by atoms with Gasteiger partial charge in [-0.05, 0) is 30.3 Å². The second kappa shape index (κ2) is 6.74. The Labute approximate surface area is 156 Å². The van der Waals surface area contributed by atoms with Gasteiger partial charge < -0.3 is 15.0 Å². The summed E-state index contributed by atoms with van der Waals surface area (Å²) in [6.45, 7) is 0.359. The Morgan fingerprint density at radius 1 is 1.15 bits per heavy atom. The standard InChI is InChI=1S/C19H18ClN5O/c20-13-6-7-17-19(8-13)25(22)14(10-21)9-18-16(23-12-24(17)18)11-26-15-4-2-1-3-5-15/h1-8,10,12H,9,11,21-22H2/b14-10-. The lowest BCUT2D eigenvalue weighted by Gasteiger charge is -2.21. The van der Waals surface area contributed by atoms with E-state index >= 15 is 0 Å². The van der Waals surface area contributed by atoms with Crippen LogP contribution in [0.1, 0.15) is 11.4 Å². The van der Waals surface area contributed by atoms with Gasteiger partial charge in [-0.25, -0.2) is 10.8 Å². The van der Waals surface area contributed by atoms with Crippen molar-refractivity contribution in [3.63, 3.8) is 0 Å². The van der Waals surface area contributed by atoms with Gasteiger partial charge in [-0.15, -0.1) is 0 Å². The Morgan fingerprint density at radius 3 is 2.73 bits per heavy atom. The molecular formula is C19H18ClN5O. The fourth-order valence-electron chi connectivity index (χ4n) is 3.04. The average molecular weight is 368 g/mol. The lowest BCUT2D eigenvalue weighted by molar-refractivity contribution is 0.300. The third-order valence-corrected chi connectivity index (χ3v) is 4.61. The highest BCUT2D eigenvalue weighted by Crippen LogP contribution is 2.34. The molecule has 2 aromatic carbocycles. The summed E-state index contributed by atoms with van der Waals surface area (Å²) >= 11 is 6.16. The largest absolute Gasteiger partial charge is 0.487 e. The van der Waals surface area contributed by atoms with Gasteiger partial charge in [-0.3, -0.25) is 5.01 Å². The van der Waals surface area contributed by atoms with Crippen LogP contribution in [-0.4, -0.2) is 9.55 Å². The Morgan fingerprint density at radius 2 is 1.96 bits per heavy atom. The number of fused-ring (bicyclic) bond motifs is 3. The molecular weight excluding hydrogens is 350 g/mol.